The van der Waals surface area contributed by atoms with Gasteiger partial charge in [-0.2, -0.15) is 5.10 Å². The molecule has 3 aromatic rings. The second-order valence-corrected chi connectivity index (χ2v) is 7.24. The number of rotatable bonds is 3. The van der Waals surface area contributed by atoms with Gasteiger partial charge in [0, 0.05) is 31.1 Å². The van der Waals surface area contributed by atoms with Crippen LogP contribution in [-0.2, 0) is 4.79 Å². The molecule has 0 atom stereocenters. The fourth-order valence-electron chi connectivity index (χ4n) is 3.52. The number of nitrogens with one attached hydrogen (secondary N) is 3. The number of hydrogen-bond donors (Lipinski definition) is 4. The minimum absolute atomic E-state index is 0.116. The Hall–Kier alpha value is -3.39. The van der Waals surface area contributed by atoms with E-state index in [1.807, 2.05) is 42.5 Å². The van der Waals surface area contributed by atoms with Gasteiger partial charge in [-0.3, -0.25) is 15.2 Å². The molecule has 0 unspecified atom stereocenters. The Labute approximate surface area is 167 Å². The van der Waals surface area contributed by atoms with Crippen LogP contribution in [-0.4, -0.2) is 51.3 Å². The van der Waals surface area contributed by atoms with Crippen LogP contribution in [0.3, 0.4) is 0 Å². The summed E-state index contributed by atoms with van der Waals surface area (Å²) < 4.78 is 0. The largest absolute Gasteiger partial charge is 0.393 e. The van der Waals surface area contributed by atoms with E-state index in [-0.39, 0.29) is 18.0 Å². The highest BCUT2D eigenvalue weighted by Gasteiger charge is 2.22. The van der Waals surface area contributed by atoms with Crippen molar-refractivity contribution in [2.24, 2.45) is 0 Å². The Morgan fingerprint density at radius 3 is 2.62 bits per heavy atom. The van der Waals surface area contributed by atoms with Crippen LogP contribution in [0.4, 0.5) is 16.3 Å². The first kappa shape index (κ1) is 18.9. The molecule has 8 nitrogen and oxygen atoms in total. The highest BCUT2D eigenvalue weighted by Crippen LogP contribution is 2.28. The van der Waals surface area contributed by atoms with Crippen molar-refractivity contribution in [3.05, 3.63) is 42.5 Å². The lowest BCUT2D eigenvalue weighted by Gasteiger charge is -2.29. The Morgan fingerprint density at radius 1 is 1.10 bits per heavy atom. The molecule has 0 radical (unpaired) electrons. The maximum Gasteiger partial charge on any atom is 0.323 e. The standard InChI is InChI=1S/C21H23N5O3/c1-13(27)22-16-4-2-3-14(11-16)15-5-6-18-19(12-15)24-25-20(18)23-21(29)26-9-7-17(28)8-10-26/h2-6,11-12,17,28H,7-10H2,1H3,(H,22,27)(H2,23,24,25,29). The number of likely N-dealkylation sites (tertiary alicyclic amines) is 1. The fourth-order valence-corrected chi connectivity index (χ4v) is 3.52. The van der Waals surface area contributed by atoms with Crippen LogP contribution in [0.1, 0.15) is 19.8 Å². The van der Waals surface area contributed by atoms with Crippen molar-refractivity contribution in [1.82, 2.24) is 15.1 Å². The predicted octanol–water partition coefficient (Wildman–Crippen LogP) is 3.18. The lowest BCUT2D eigenvalue weighted by Crippen LogP contribution is -2.42. The SMILES string of the molecule is CC(=O)Nc1cccc(-c2ccc3c(NC(=O)N4CCC(O)CC4)n[nH]c3c2)c1. The zero-order chi connectivity index (χ0) is 20.4. The van der Waals surface area contributed by atoms with Crippen molar-refractivity contribution in [2.75, 3.05) is 23.7 Å². The molecule has 3 amide bonds. The number of fused-ring (bicyclic) bond motifs is 1. The van der Waals surface area contributed by atoms with Crippen LogP contribution in [0.15, 0.2) is 42.5 Å². The molecule has 4 rings (SSSR count). The summed E-state index contributed by atoms with van der Waals surface area (Å²) in [5.74, 6) is 0.365. The zero-order valence-corrected chi connectivity index (χ0v) is 16.1. The summed E-state index contributed by atoms with van der Waals surface area (Å²) in [6.45, 7) is 2.54. The normalized spacial score (nSPS) is 14.8. The van der Waals surface area contributed by atoms with Crippen molar-refractivity contribution >= 4 is 34.3 Å². The number of aliphatic hydroxyl groups excluding tert-OH is 1. The number of aromatic amines is 1. The Bertz CT molecular complexity index is 1050. The molecule has 1 aliphatic heterocycles. The van der Waals surface area contributed by atoms with E-state index in [1.54, 1.807) is 4.90 Å². The molecule has 1 fully saturated rings. The van der Waals surface area contributed by atoms with Gasteiger partial charge in [0.25, 0.3) is 0 Å². The molecular formula is C21H23N5O3. The van der Waals surface area contributed by atoms with Crippen molar-refractivity contribution in [2.45, 2.75) is 25.9 Å². The first-order valence-electron chi connectivity index (χ1n) is 9.60. The van der Waals surface area contributed by atoms with E-state index < -0.39 is 0 Å². The number of nitrogens with zero attached hydrogens (tertiary/aromatic N) is 2. The van der Waals surface area contributed by atoms with Crippen LogP contribution < -0.4 is 10.6 Å². The number of urea groups is 1. The summed E-state index contributed by atoms with van der Waals surface area (Å²) in [5, 5.41) is 23.3. The number of piperidine rings is 1. The molecule has 2 heterocycles. The minimum Gasteiger partial charge on any atom is -0.393 e. The van der Waals surface area contributed by atoms with Crippen molar-refractivity contribution < 1.29 is 14.7 Å². The molecule has 1 aliphatic rings. The number of amides is 3. The lowest BCUT2D eigenvalue weighted by atomic mass is 10.0. The first-order chi connectivity index (χ1) is 14.0. The average Bonchev–Trinajstić information content (AvgIpc) is 3.10. The number of carbonyl (C=O) groups is 2. The molecule has 0 bridgehead atoms. The molecule has 1 aromatic heterocycles. The van der Waals surface area contributed by atoms with Gasteiger partial charge in [0.1, 0.15) is 0 Å². The molecule has 0 spiro atoms. The monoisotopic (exact) mass is 393 g/mol. The summed E-state index contributed by atoms with van der Waals surface area (Å²) >= 11 is 0. The molecular weight excluding hydrogens is 370 g/mol. The van der Waals surface area contributed by atoms with Crippen LogP contribution in [0.2, 0.25) is 0 Å². The maximum absolute atomic E-state index is 12.5. The van der Waals surface area contributed by atoms with E-state index in [1.165, 1.54) is 6.92 Å². The molecule has 4 N–H and O–H groups in total. The van der Waals surface area contributed by atoms with Crippen LogP contribution >= 0.6 is 0 Å². The van der Waals surface area contributed by atoms with Gasteiger partial charge in [0.05, 0.1) is 11.6 Å². The molecule has 8 heteroatoms. The van der Waals surface area contributed by atoms with Gasteiger partial charge in [-0.1, -0.05) is 18.2 Å². The third-order valence-corrected chi connectivity index (χ3v) is 5.06. The molecule has 150 valence electrons. The Morgan fingerprint density at radius 2 is 1.86 bits per heavy atom. The number of benzene rings is 2. The van der Waals surface area contributed by atoms with Gasteiger partial charge < -0.3 is 15.3 Å². The topological polar surface area (TPSA) is 110 Å². The smallest absolute Gasteiger partial charge is 0.323 e. The van der Waals surface area contributed by atoms with Crippen molar-refractivity contribution in [1.29, 1.82) is 0 Å². The third-order valence-electron chi connectivity index (χ3n) is 5.06. The summed E-state index contributed by atoms with van der Waals surface area (Å²) in [5.41, 5.74) is 3.47. The average molecular weight is 393 g/mol. The summed E-state index contributed by atoms with van der Waals surface area (Å²) in [6, 6.07) is 13.2. The van der Waals surface area contributed by atoms with E-state index in [9.17, 15) is 14.7 Å². The number of carbonyl (C=O) groups excluding carboxylic acids is 2. The molecule has 1 saturated heterocycles. The first-order valence-corrected chi connectivity index (χ1v) is 9.60. The second-order valence-electron chi connectivity index (χ2n) is 7.24. The van der Waals surface area contributed by atoms with E-state index in [0.717, 1.165) is 27.7 Å². The van der Waals surface area contributed by atoms with Crippen molar-refractivity contribution in [3.8, 4) is 11.1 Å². The van der Waals surface area contributed by atoms with Crippen LogP contribution in [0, 0.1) is 0 Å². The third kappa shape index (κ3) is 4.22. The molecule has 0 aliphatic carbocycles. The molecule has 0 saturated carbocycles. The Kier molecular flexibility index (Phi) is 5.18. The van der Waals surface area contributed by atoms with E-state index in [4.69, 9.17) is 0 Å². The quantitative estimate of drug-likeness (QED) is 0.548. The highest BCUT2D eigenvalue weighted by atomic mass is 16.3. The van der Waals surface area contributed by atoms with Crippen LogP contribution in [0.5, 0.6) is 0 Å². The van der Waals surface area contributed by atoms with E-state index in [0.29, 0.717) is 31.7 Å². The van der Waals surface area contributed by atoms with Gasteiger partial charge in [-0.15, -0.1) is 0 Å². The van der Waals surface area contributed by atoms with Gasteiger partial charge in [-0.05, 0) is 48.2 Å². The second kappa shape index (κ2) is 7.92. The van der Waals surface area contributed by atoms with Gasteiger partial charge >= 0.3 is 6.03 Å². The summed E-state index contributed by atoms with van der Waals surface area (Å²) in [6.07, 6.45) is 0.860. The van der Waals surface area contributed by atoms with E-state index >= 15 is 0 Å². The molecule has 29 heavy (non-hydrogen) atoms. The summed E-state index contributed by atoms with van der Waals surface area (Å²) in [7, 11) is 0. The number of hydrogen-bond acceptors (Lipinski definition) is 4. The number of H-pyrrole nitrogens is 1. The van der Waals surface area contributed by atoms with Gasteiger partial charge in [0.15, 0.2) is 5.82 Å². The highest BCUT2D eigenvalue weighted by molar-refractivity contribution is 6.00. The lowest BCUT2D eigenvalue weighted by molar-refractivity contribution is -0.114. The van der Waals surface area contributed by atoms with E-state index in [2.05, 4.69) is 20.8 Å². The van der Waals surface area contributed by atoms with Gasteiger partial charge in [0.2, 0.25) is 5.91 Å². The number of aliphatic hydroxyl groups is 1. The molecule has 2 aromatic carbocycles. The predicted molar refractivity (Wildman–Crippen MR) is 112 cm³/mol. The maximum atomic E-state index is 12.5. The van der Waals surface area contributed by atoms with Gasteiger partial charge in [-0.25, -0.2) is 4.79 Å². The van der Waals surface area contributed by atoms with Crippen molar-refractivity contribution in [3.63, 3.8) is 0 Å². The van der Waals surface area contributed by atoms with Crippen LogP contribution in [0.25, 0.3) is 22.0 Å². The fraction of sp³-hybridized carbons (Fsp3) is 0.286. The minimum atomic E-state index is -0.326. The zero-order valence-electron chi connectivity index (χ0n) is 16.1. The Balaban J connectivity index is 1.53. The number of aromatic nitrogens is 2. The summed E-state index contributed by atoms with van der Waals surface area (Å²) in [4.78, 5) is 25.4. The number of anilines is 2.